The Morgan fingerprint density at radius 1 is 1.12 bits per heavy atom. The van der Waals surface area contributed by atoms with Gasteiger partial charge in [0, 0.05) is 39.2 Å². The molecule has 3 unspecified atom stereocenters. The van der Waals surface area contributed by atoms with Gasteiger partial charge in [-0.25, -0.2) is 4.79 Å². The van der Waals surface area contributed by atoms with Crippen LogP contribution in [0, 0.1) is 13.8 Å². The zero-order valence-electron chi connectivity index (χ0n) is 24.1. The molecule has 0 aliphatic carbocycles. The lowest BCUT2D eigenvalue weighted by molar-refractivity contribution is -0.232. The first-order chi connectivity index (χ1) is 19.1. The number of esters is 4. The largest absolute Gasteiger partial charge is 0.467 e. The minimum atomic E-state index is -1.71. The molecule has 4 N–H and O–H groups in total. The van der Waals surface area contributed by atoms with Crippen LogP contribution >= 0.6 is 0 Å². The van der Waals surface area contributed by atoms with Crippen LogP contribution < -0.4 is 15.8 Å². The summed E-state index contributed by atoms with van der Waals surface area (Å²) >= 11 is 0. The van der Waals surface area contributed by atoms with Crippen LogP contribution in [0.25, 0.3) is 0 Å². The molecule has 226 valence electrons. The number of rotatable bonds is 11. The monoisotopic (exact) mass is 578 g/mol. The average Bonchev–Trinajstić information content (AvgIpc) is 2.88. The summed E-state index contributed by atoms with van der Waals surface area (Å²) < 4.78 is 27.1. The molecule has 0 aromatic heterocycles. The van der Waals surface area contributed by atoms with Crippen LogP contribution in [-0.4, -0.2) is 84.6 Å². The van der Waals surface area contributed by atoms with E-state index in [1.54, 1.807) is 13.8 Å². The van der Waals surface area contributed by atoms with Crippen LogP contribution in [0.3, 0.4) is 0 Å². The topological polar surface area (TPSA) is 190 Å². The van der Waals surface area contributed by atoms with Crippen molar-refractivity contribution in [3.05, 3.63) is 41.5 Å². The number of carbonyl (C=O) groups excluding carboxylic acids is 5. The molecular weight excluding hydrogens is 540 g/mol. The van der Waals surface area contributed by atoms with Crippen molar-refractivity contribution in [2.24, 2.45) is 5.73 Å². The second kappa shape index (κ2) is 14.2. The highest BCUT2D eigenvalue weighted by Crippen LogP contribution is 2.36. The molecule has 0 saturated carbocycles. The Hall–Kier alpha value is -3.81. The SMILES string of the molecule is C=CCC1(C(=O)OC)C[C@H](O)C(N)[C@H]([C@H](OC(C)=O)C(CNC(=O)c2cc(C)c(OC(C)=O)c(C)c2)OC(C)=O)O1. The second-order valence-corrected chi connectivity index (χ2v) is 9.87. The molecule has 6 atom stereocenters. The highest BCUT2D eigenvalue weighted by molar-refractivity contribution is 5.95. The summed E-state index contributed by atoms with van der Waals surface area (Å²) in [5.41, 5.74) is 5.83. The maximum absolute atomic E-state index is 13.1. The Morgan fingerprint density at radius 3 is 2.20 bits per heavy atom. The average molecular weight is 579 g/mol. The molecule has 1 fully saturated rings. The maximum Gasteiger partial charge on any atom is 0.338 e. The summed E-state index contributed by atoms with van der Waals surface area (Å²) in [5.74, 6) is -3.13. The lowest BCUT2D eigenvalue weighted by Crippen LogP contribution is -2.67. The van der Waals surface area contributed by atoms with Crippen LogP contribution in [0.5, 0.6) is 5.75 Å². The third kappa shape index (κ3) is 8.35. The number of nitrogens with one attached hydrogen (secondary N) is 1. The number of amides is 1. The minimum absolute atomic E-state index is 0.0657. The predicted molar refractivity (Wildman–Crippen MR) is 144 cm³/mol. The fraction of sp³-hybridized carbons (Fsp3) is 0.536. The van der Waals surface area contributed by atoms with Crippen molar-refractivity contribution < 1.29 is 52.8 Å². The summed E-state index contributed by atoms with van der Waals surface area (Å²) in [7, 11) is 1.15. The van der Waals surface area contributed by atoms with Crippen LogP contribution in [0.1, 0.15) is 55.1 Å². The number of aryl methyl sites for hydroxylation is 2. The molecule has 1 aromatic carbocycles. The van der Waals surface area contributed by atoms with Crippen molar-refractivity contribution in [3.63, 3.8) is 0 Å². The molecule has 0 spiro atoms. The Bertz CT molecular complexity index is 1160. The number of benzene rings is 1. The highest BCUT2D eigenvalue weighted by Gasteiger charge is 2.54. The summed E-state index contributed by atoms with van der Waals surface area (Å²) in [6.07, 6.45) is -4.36. The Labute approximate surface area is 238 Å². The normalized spacial score (nSPS) is 23.4. The van der Waals surface area contributed by atoms with E-state index in [9.17, 15) is 29.1 Å². The summed E-state index contributed by atoms with van der Waals surface area (Å²) in [6, 6.07) is 1.85. The van der Waals surface area contributed by atoms with Gasteiger partial charge in [0.1, 0.15) is 11.9 Å². The van der Waals surface area contributed by atoms with E-state index < -0.39 is 65.8 Å². The standard InChI is InChI=1S/C28H38N2O11/c1-8-9-28(27(36)37-7)12-20(34)22(29)25(41-28)24(40-18(6)33)21(38-16(4)31)13-30-26(35)19-10-14(2)23(15(3)11-19)39-17(5)32/h8,10-11,20-22,24-25,34H,1,9,12-13,29H2,2-7H3,(H,30,35)/t20-,21?,22?,24+,25+,28?/m0/s1. The van der Waals surface area contributed by atoms with Gasteiger partial charge in [-0.2, -0.15) is 0 Å². The fourth-order valence-electron chi connectivity index (χ4n) is 4.80. The highest BCUT2D eigenvalue weighted by atomic mass is 16.6. The molecule has 1 aliphatic rings. The lowest BCUT2D eigenvalue weighted by atomic mass is 9.82. The lowest BCUT2D eigenvalue weighted by Gasteiger charge is -2.47. The van der Waals surface area contributed by atoms with Gasteiger partial charge in [-0.3, -0.25) is 19.2 Å². The maximum atomic E-state index is 13.1. The van der Waals surface area contributed by atoms with Gasteiger partial charge in [-0.1, -0.05) is 6.08 Å². The molecule has 2 rings (SSSR count). The van der Waals surface area contributed by atoms with Crippen LogP contribution in [0.4, 0.5) is 0 Å². The van der Waals surface area contributed by atoms with E-state index >= 15 is 0 Å². The molecule has 1 saturated heterocycles. The Balaban J connectivity index is 2.43. The molecule has 0 radical (unpaired) electrons. The van der Waals surface area contributed by atoms with Gasteiger partial charge in [0.15, 0.2) is 17.8 Å². The fourth-order valence-corrected chi connectivity index (χ4v) is 4.80. The smallest absolute Gasteiger partial charge is 0.338 e. The van der Waals surface area contributed by atoms with Gasteiger partial charge in [-0.15, -0.1) is 6.58 Å². The van der Waals surface area contributed by atoms with E-state index in [2.05, 4.69) is 11.9 Å². The molecular formula is C28H38N2O11. The first kappa shape index (κ1) is 33.4. The van der Waals surface area contributed by atoms with E-state index in [1.807, 2.05) is 0 Å². The second-order valence-electron chi connectivity index (χ2n) is 9.87. The summed E-state index contributed by atoms with van der Waals surface area (Å²) in [5, 5.41) is 13.4. The molecule has 13 heteroatoms. The molecule has 13 nitrogen and oxygen atoms in total. The number of carbonyl (C=O) groups is 5. The van der Waals surface area contributed by atoms with Gasteiger partial charge in [0.25, 0.3) is 5.91 Å². The summed E-state index contributed by atoms with van der Waals surface area (Å²) in [4.78, 5) is 61.5. The van der Waals surface area contributed by atoms with Gasteiger partial charge < -0.3 is 39.8 Å². The number of methoxy groups -OCH3 is 1. The van der Waals surface area contributed by atoms with Crippen LogP contribution in [-0.2, 0) is 38.1 Å². The third-order valence-electron chi connectivity index (χ3n) is 6.50. The Morgan fingerprint density at radius 2 is 1.71 bits per heavy atom. The third-order valence-corrected chi connectivity index (χ3v) is 6.50. The van der Waals surface area contributed by atoms with Crippen molar-refractivity contribution in [2.75, 3.05) is 13.7 Å². The number of hydrogen-bond acceptors (Lipinski definition) is 12. The van der Waals surface area contributed by atoms with E-state index in [0.29, 0.717) is 16.9 Å². The quantitative estimate of drug-likeness (QED) is 0.145. The van der Waals surface area contributed by atoms with E-state index in [1.165, 1.54) is 25.1 Å². The van der Waals surface area contributed by atoms with Crippen LogP contribution in [0.15, 0.2) is 24.8 Å². The van der Waals surface area contributed by atoms with Gasteiger partial charge in [0.05, 0.1) is 25.8 Å². The van der Waals surface area contributed by atoms with E-state index in [4.69, 9.17) is 29.4 Å². The molecule has 1 heterocycles. The molecule has 1 aliphatic heterocycles. The predicted octanol–water partition coefficient (Wildman–Crippen LogP) is 0.787. The van der Waals surface area contributed by atoms with Crippen molar-refractivity contribution in [1.82, 2.24) is 5.32 Å². The zero-order valence-corrected chi connectivity index (χ0v) is 24.1. The van der Waals surface area contributed by atoms with Crippen molar-refractivity contribution >= 4 is 29.8 Å². The number of ether oxygens (including phenoxy) is 5. The molecule has 0 bridgehead atoms. The number of aliphatic hydroxyl groups excluding tert-OH is 1. The zero-order chi connectivity index (χ0) is 31.1. The van der Waals surface area contributed by atoms with Gasteiger partial charge in [0.2, 0.25) is 0 Å². The van der Waals surface area contributed by atoms with Gasteiger partial charge >= 0.3 is 23.9 Å². The van der Waals surface area contributed by atoms with Crippen molar-refractivity contribution in [3.8, 4) is 5.75 Å². The van der Waals surface area contributed by atoms with Gasteiger partial charge in [-0.05, 0) is 37.1 Å². The number of hydrogen-bond donors (Lipinski definition) is 3. The first-order valence-corrected chi connectivity index (χ1v) is 12.9. The van der Waals surface area contributed by atoms with E-state index in [-0.39, 0.29) is 24.9 Å². The number of nitrogens with two attached hydrogens (primary N) is 1. The molecule has 41 heavy (non-hydrogen) atoms. The molecule has 1 amide bonds. The molecule has 1 aromatic rings. The van der Waals surface area contributed by atoms with Crippen molar-refractivity contribution in [1.29, 1.82) is 0 Å². The number of aliphatic hydroxyl groups is 1. The Kier molecular flexibility index (Phi) is 11.6. The van der Waals surface area contributed by atoms with E-state index in [0.717, 1.165) is 21.0 Å². The van der Waals surface area contributed by atoms with Crippen molar-refractivity contribution in [2.45, 2.75) is 83.5 Å². The summed E-state index contributed by atoms with van der Waals surface area (Å²) in [6.45, 7) is 10.1. The first-order valence-electron chi connectivity index (χ1n) is 12.9. The minimum Gasteiger partial charge on any atom is -0.467 e. The van der Waals surface area contributed by atoms with Crippen LogP contribution in [0.2, 0.25) is 0 Å².